The van der Waals surface area contributed by atoms with Crippen LogP contribution in [0.5, 0.6) is 0 Å². The van der Waals surface area contributed by atoms with Crippen LogP contribution in [0.25, 0.3) is 22.3 Å². The average molecular weight is 449 g/mol. The van der Waals surface area contributed by atoms with E-state index in [2.05, 4.69) is 0 Å². The van der Waals surface area contributed by atoms with E-state index in [9.17, 15) is 17.6 Å². The summed E-state index contributed by atoms with van der Waals surface area (Å²) in [5.41, 5.74) is 4.20. The summed E-state index contributed by atoms with van der Waals surface area (Å²) in [6.07, 6.45) is 1.29. The second kappa shape index (κ2) is 9.62. The van der Waals surface area contributed by atoms with Crippen LogP contribution in [0.1, 0.15) is 29.2 Å². The normalized spacial score (nSPS) is 11.1. The quantitative estimate of drug-likeness (QED) is 0.261. The second-order valence-electron chi connectivity index (χ2n) is 8.22. The van der Waals surface area contributed by atoms with Crippen LogP contribution in [0.2, 0.25) is 0 Å². The molecule has 4 aromatic carbocycles. The molecule has 4 aromatic rings. The fourth-order valence-electron chi connectivity index (χ4n) is 3.95. The number of benzene rings is 4. The van der Waals surface area contributed by atoms with Crippen LogP contribution in [0.3, 0.4) is 0 Å². The molecular weight excluding hydrogens is 424 g/mol. The van der Waals surface area contributed by atoms with Crippen LogP contribution in [0, 0.1) is 30.2 Å². The molecule has 0 fully saturated rings. The van der Waals surface area contributed by atoms with Crippen LogP contribution < -0.4 is 0 Å². The first-order valence-corrected chi connectivity index (χ1v) is 11.0. The predicted octanol–water partition coefficient (Wildman–Crippen LogP) is 8.23. The van der Waals surface area contributed by atoms with Crippen molar-refractivity contribution in [2.24, 2.45) is 0 Å². The Kier molecular flexibility index (Phi) is 6.64. The minimum Gasteiger partial charge on any atom is -0.203 e. The van der Waals surface area contributed by atoms with Gasteiger partial charge in [-0.25, -0.2) is 17.6 Å². The summed E-state index contributed by atoms with van der Waals surface area (Å²) in [5, 5.41) is 0. The third-order valence-electron chi connectivity index (χ3n) is 6.02. The molecule has 0 bridgehead atoms. The molecule has 0 saturated heterocycles. The summed E-state index contributed by atoms with van der Waals surface area (Å²) in [5.74, 6) is -3.35. The fourth-order valence-corrected chi connectivity index (χ4v) is 3.95. The largest absolute Gasteiger partial charge is 0.203 e. The molecule has 0 heterocycles. The summed E-state index contributed by atoms with van der Waals surface area (Å²) in [6.45, 7) is 3.72. The van der Waals surface area contributed by atoms with Gasteiger partial charge in [0.05, 0.1) is 0 Å². The Morgan fingerprint density at radius 3 is 1.55 bits per heavy atom. The minimum atomic E-state index is -0.894. The van der Waals surface area contributed by atoms with Gasteiger partial charge in [0.15, 0.2) is 23.3 Å². The lowest BCUT2D eigenvalue weighted by Gasteiger charge is -2.11. The maximum absolute atomic E-state index is 14.9. The van der Waals surface area contributed by atoms with E-state index in [1.54, 1.807) is 67.6 Å². The van der Waals surface area contributed by atoms with Crippen molar-refractivity contribution in [1.29, 1.82) is 0 Å². The van der Waals surface area contributed by atoms with Gasteiger partial charge >= 0.3 is 0 Å². The van der Waals surface area contributed by atoms with Gasteiger partial charge in [0, 0.05) is 11.1 Å². The van der Waals surface area contributed by atoms with E-state index in [0.29, 0.717) is 41.5 Å². The maximum Gasteiger partial charge on any atom is 0.167 e. The van der Waals surface area contributed by atoms with Crippen molar-refractivity contribution in [2.75, 3.05) is 0 Å². The van der Waals surface area contributed by atoms with Gasteiger partial charge in [0.1, 0.15) is 0 Å². The molecule has 0 aliphatic carbocycles. The molecule has 0 unspecified atom stereocenters. The van der Waals surface area contributed by atoms with Crippen LogP contribution in [-0.4, -0.2) is 0 Å². The van der Waals surface area contributed by atoms with Gasteiger partial charge in [0.25, 0.3) is 0 Å². The molecule has 0 N–H and O–H groups in total. The Balaban J connectivity index is 1.52. The van der Waals surface area contributed by atoms with Gasteiger partial charge in [-0.05, 0) is 54.0 Å². The summed E-state index contributed by atoms with van der Waals surface area (Å²) in [6, 6.07) is 20.7. The van der Waals surface area contributed by atoms with Crippen LogP contribution >= 0.6 is 0 Å². The highest BCUT2D eigenvalue weighted by Crippen LogP contribution is 2.32. The molecular formula is C29H24F4. The number of hydrogen-bond donors (Lipinski definition) is 0. The van der Waals surface area contributed by atoms with Crippen molar-refractivity contribution < 1.29 is 17.6 Å². The van der Waals surface area contributed by atoms with E-state index in [-0.39, 0.29) is 11.1 Å². The number of rotatable bonds is 6. The van der Waals surface area contributed by atoms with Gasteiger partial charge in [-0.3, -0.25) is 0 Å². The second-order valence-corrected chi connectivity index (χ2v) is 8.22. The molecule has 0 aliphatic rings. The van der Waals surface area contributed by atoms with Crippen LogP contribution in [-0.2, 0) is 19.3 Å². The zero-order valence-electron chi connectivity index (χ0n) is 18.6. The zero-order valence-corrected chi connectivity index (χ0v) is 18.6. The average Bonchev–Trinajstić information content (AvgIpc) is 2.83. The smallest absolute Gasteiger partial charge is 0.167 e. The molecule has 0 spiro atoms. The summed E-state index contributed by atoms with van der Waals surface area (Å²) < 4.78 is 57.9. The Hall–Kier alpha value is -3.40. The molecule has 0 radical (unpaired) electrons. The first kappa shape index (κ1) is 22.8. The molecule has 0 aromatic heterocycles. The number of halogens is 4. The van der Waals surface area contributed by atoms with Crippen molar-refractivity contribution in [1.82, 2.24) is 0 Å². The summed E-state index contributed by atoms with van der Waals surface area (Å²) >= 11 is 0. The third-order valence-corrected chi connectivity index (χ3v) is 6.02. The Labute approximate surface area is 191 Å². The molecule has 4 rings (SSSR count). The lowest BCUT2D eigenvalue weighted by atomic mass is 9.96. The zero-order chi connectivity index (χ0) is 23.5. The highest BCUT2D eigenvalue weighted by Gasteiger charge is 2.16. The molecule has 0 nitrogen and oxygen atoms in total. The van der Waals surface area contributed by atoms with Gasteiger partial charge in [-0.15, -0.1) is 0 Å². The Morgan fingerprint density at radius 1 is 0.515 bits per heavy atom. The Morgan fingerprint density at radius 2 is 1.00 bits per heavy atom. The van der Waals surface area contributed by atoms with E-state index in [1.165, 1.54) is 0 Å². The molecule has 0 saturated carbocycles. The van der Waals surface area contributed by atoms with Gasteiger partial charge < -0.3 is 0 Å². The van der Waals surface area contributed by atoms with Crippen molar-refractivity contribution in [2.45, 2.75) is 33.1 Å². The molecule has 0 aliphatic heterocycles. The fraction of sp³-hybridized carbons (Fsp3) is 0.172. The lowest BCUT2D eigenvalue weighted by Crippen LogP contribution is -2.01. The van der Waals surface area contributed by atoms with E-state index in [1.807, 2.05) is 19.1 Å². The first-order valence-electron chi connectivity index (χ1n) is 11.0. The minimum absolute atomic E-state index is 0.179. The molecule has 33 heavy (non-hydrogen) atoms. The van der Waals surface area contributed by atoms with Crippen LogP contribution in [0.4, 0.5) is 17.6 Å². The highest BCUT2D eigenvalue weighted by molar-refractivity contribution is 5.72. The summed E-state index contributed by atoms with van der Waals surface area (Å²) in [4.78, 5) is 0. The third kappa shape index (κ3) is 4.70. The molecule has 0 atom stereocenters. The van der Waals surface area contributed by atoms with E-state index in [4.69, 9.17) is 0 Å². The SMILES string of the molecule is CCc1ccc(CCc2ccc(-c3ccc(-c4ccc(C)cc4)c(F)c3F)cc2)c(F)c1F. The predicted molar refractivity (Wildman–Crippen MR) is 125 cm³/mol. The maximum atomic E-state index is 14.9. The number of hydrogen-bond acceptors (Lipinski definition) is 0. The topological polar surface area (TPSA) is 0 Å². The summed E-state index contributed by atoms with van der Waals surface area (Å²) in [7, 11) is 0. The molecule has 168 valence electrons. The van der Waals surface area contributed by atoms with E-state index >= 15 is 0 Å². The van der Waals surface area contributed by atoms with Crippen molar-refractivity contribution in [3.05, 3.63) is 118 Å². The van der Waals surface area contributed by atoms with Crippen molar-refractivity contribution >= 4 is 0 Å². The highest BCUT2D eigenvalue weighted by atomic mass is 19.2. The van der Waals surface area contributed by atoms with Gasteiger partial charge in [0.2, 0.25) is 0 Å². The van der Waals surface area contributed by atoms with Gasteiger partial charge in [-0.1, -0.05) is 85.3 Å². The van der Waals surface area contributed by atoms with Crippen molar-refractivity contribution in [3.8, 4) is 22.3 Å². The molecule has 4 heteroatoms. The lowest BCUT2D eigenvalue weighted by molar-refractivity contribution is 0.490. The van der Waals surface area contributed by atoms with Gasteiger partial charge in [-0.2, -0.15) is 0 Å². The Bertz CT molecular complexity index is 1270. The van der Waals surface area contributed by atoms with E-state index < -0.39 is 23.3 Å². The monoisotopic (exact) mass is 448 g/mol. The standard InChI is InChI=1S/C29H24F4/c1-3-20-14-15-23(27(31)26(20)30)13-8-19-6-11-22(12-7-19)25-17-16-24(28(32)29(25)33)21-9-4-18(2)5-10-21/h4-7,9-12,14-17H,3,8,13H2,1-2H3. The van der Waals surface area contributed by atoms with Crippen molar-refractivity contribution in [3.63, 3.8) is 0 Å². The van der Waals surface area contributed by atoms with Crippen LogP contribution in [0.15, 0.2) is 72.8 Å². The number of aryl methyl sites for hydroxylation is 4. The van der Waals surface area contributed by atoms with E-state index in [0.717, 1.165) is 11.1 Å². The first-order chi connectivity index (χ1) is 15.9. The molecule has 0 amide bonds.